The summed E-state index contributed by atoms with van der Waals surface area (Å²) in [4.78, 5) is 15.9. The van der Waals surface area contributed by atoms with Crippen molar-refractivity contribution in [2.75, 3.05) is 30.8 Å². The average molecular weight is 233 g/mol. The molecule has 1 saturated heterocycles. The normalized spacial score (nSPS) is 19.8. The van der Waals surface area contributed by atoms with Crippen LogP contribution in [0.15, 0.2) is 24.3 Å². The molecule has 1 aromatic carbocycles. The summed E-state index contributed by atoms with van der Waals surface area (Å²) in [7, 11) is 1.86. The molecule has 2 rings (SSSR count). The van der Waals surface area contributed by atoms with Gasteiger partial charge in [-0.3, -0.25) is 4.79 Å². The Kier molecular flexibility index (Phi) is 3.22. The molecule has 0 saturated carbocycles. The molecule has 1 amide bonds. The monoisotopic (exact) mass is 233 g/mol. The van der Waals surface area contributed by atoms with E-state index in [9.17, 15) is 4.79 Å². The third kappa shape index (κ3) is 2.20. The molecule has 1 atom stereocenters. The summed E-state index contributed by atoms with van der Waals surface area (Å²) in [5.74, 6) is 0.212. The molecule has 1 fully saturated rings. The number of likely N-dealkylation sites (N-methyl/N-ethyl adjacent to an activating group) is 2. The van der Waals surface area contributed by atoms with E-state index in [1.54, 1.807) is 4.90 Å². The van der Waals surface area contributed by atoms with Crippen LogP contribution in [0, 0.1) is 0 Å². The van der Waals surface area contributed by atoms with E-state index in [2.05, 4.69) is 11.8 Å². The Morgan fingerprint density at radius 2 is 2.06 bits per heavy atom. The van der Waals surface area contributed by atoms with Crippen molar-refractivity contribution in [3.8, 4) is 0 Å². The number of nitrogens with zero attached hydrogens (tertiary/aromatic N) is 2. The first-order valence-electron chi connectivity index (χ1n) is 6.00. The van der Waals surface area contributed by atoms with E-state index in [-0.39, 0.29) is 11.9 Å². The van der Waals surface area contributed by atoms with E-state index in [1.807, 2.05) is 31.3 Å². The van der Waals surface area contributed by atoms with Crippen molar-refractivity contribution >= 4 is 17.3 Å². The van der Waals surface area contributed by atoms with Crippen LogP contribution in [-0.2, 0) is 4.79 Å². The van der Waals surface area contributed by atoms with Crippen LogP contribution in [0.4, 0.5) is 11.4 Å². The lowest BCUT2D eigenvalue weighted by Crippen LogP contribution is -2.41. The number of carbonyl (C=O) groups excluding carboxylic acids is 1. The summed E-state index contributed by atoms with van der Waals surface area (Å²) in [6, 6.07) is 7.69. The minimum Gasteiger partial charge on any atom is -0.399 e. The predicted octanol–water partition coefficient (Wildman–Crippen LogP) is 1.33. The summed E-state index contributed by atoms with van der Waals surface area (Å²) in [5, 5.41) is 0. The molecule has 0 radical (unpaired) electrons. The third-order valence-electron chi connectivity index (χ3n) is 3.34. The van der Waals surface area contributed by atoms with Gasteiger partial charge in [0.05, 0.1) is 0 Å². The van der Waals surface area contributed by atoms with Crippen LogP contribution < -0.4 is 10.6 Å². The zero-order valence-electron chi connectivity index (χ0n) is 10.4. The Hall–Kier alpha value is -1.71. The molecule has 0 spiro atoms. The van der Waals surface area contributed by atoms with Gasteiger partial charge in [0.2, 0.25) is 5.91 Å². The van der Waals surface area contributed by atoms with Crippen molar-refractivity contribution in [3.63, 3.8) is 0 Å². The Morgan fingerprint density at radius 3 is 2.53 bits per heavy atom. The van der Waals surface area contributed by atoms with Gasteiger partial charge in [0.15, 0.2) is 0 Å². The predicted molar refractivity (Wildman–Crippen MR) is 69.9 cm³/mol. The fourth-order valence-corrected chi connectivity index (χ4v) is 2.34. The number of carbonyl (C=O) groups is 1. The van der Waals surface area contributed by atoms with Gasteiger partial charge in [0, 0.05) is 31.5 Å². The second kappa shape index (κ2) is 4.65. The second-order valence-corrected chi connectivity index (χ2v) is 4.44. The van der Waals surface area contributed by atoms with Crippen LogP contribution in [0.5, 0.6) is 0 Å². The van der Waals surface area contributed by atoms with Gasteiger partial charge in [-0.25, -0.2) is 0 Å². The molecular weight excluding hydrogens is 214 g/mol. The van der Waals surface area contributed by atoms with Gasteiger partial charge in [-0.05, 0) is 37.6 Å². The number of hydrogen-bond donors (Lipinski definition) is 1. The zero-order chi connectivity index (χ0) is 12.4. The standard InChI is InChI=1S/C13H19N3O/c1-3-16(11-6-4-10(14)5-7-11)12-8-9-15(2)13(12)17/h4-7,12H,3,8-9,14H2,1-2H3. The Morgan fingerprint density at radius 1 is 1.41 bits per heavy atom. The van der Waals surface area contributed by atoms with E-state index in [4.69, 9.17) is 5.73 Å². The van der Waals surface area contributed by atoms with Gasteiger partial charge >= 0.3 is 0 Å². The van der Waals surface area contributed by atoms with Crippen molar-refractivity contribution in [2.45, 2.75) is 19.4 Å². The first kappa shape index (κ1) is 11.8. The minimum absolute atomic E-state index is 0.0198. The third-order valence-corrected chi connectivity index (χ3v) is 3.34. The van der Waals surface area contributed by atoms with Crippen LogP contribution in [0.3, 0.4) is 0 Å². The maximum Gasteiger partial charge on any atom is 0.245 e. The number of rotatable bonds is 3. The highest BCUT2D eigenvalue weighted by atomic mass is 16.2. The lowest BCUT2D eigenvalue weighted by atomic mass is 10.1. The van der Waals surface area contributed by atoms with Crippen LogP contribution in [0.1, 0.15) is 13.3 Å². The van der Waals surface area contributed by atoms with Crippen LogP contribution in [0.25, 0.3) is 0 Å². The van der Waals surface area contributed by atoms with E-state index in [1.165, 1.54) is 0 Å². The molecule has 0 aliphatic carbocycles. The quantitative estimate of drug-likeness (QED) is 0.801. The van der Waals surface area contributed by atoms with Gasteiger partial charge in [-0.1, -0.05) is 0 Å². The van der Waals surface area contributed by atoms with E-state index in [0.29, 0.717) is 0 Å². The highest BCUT2D eigenvalue weighted by molar-refractivity contribution is 5.87. The number of nitrogens with two attached hydrogens (primary N) is 1. The van der Waals surface area contributed by atoms with Gasteiger partial charge in [-0.15, -0.1) is 0 Å². The van der Waals surface area contributed by atoms with Gasteiger partial charge in [-0.2, -0.15) is 0 Å². The number of hydrogen-bond acceptors (Lipinski definition) is 3. The van der Waals surface area contributed by atoms with Gasteiger partial charge in [0.1, 0.15) is 6.04 Å². The Bertz CT molecular complexity index is 402. The lowest BCUT2D eigenvalue weighted by Gasteiger charge is -2.28. The molecule has 1 aliphatic rings. The maximum atomic E-state index is 12.0. The van der Waals surface area contributed by atoms with Crippen molar-refractivity contribution in [1.82, 2.24) is 4.90 Å². The maximum absolute atomic E-state index is 12.0. The fourth-order valence-electron chi connectivity index (χ4n) is 2.34. The zero-order valence-corrected chi connectivity index (χ0v) is 10.4. The summed E-state index contributed by atoms with van der Waals surface area (Å²) >= 11 is 0. The van der Waals surface area contributed by atoms with Gasteiger partial charge < -0.3 is 15.5 Å². The largest absolute Gasteiger partial charge is 0.399 e. The average Bonchev–Trinajstić information content (AvgIpc) is 2.65. The van der Waals surface area contributed by atoms with E-state index in [0.717, 1.165) is 30.9 Å². The molecule has 4 nitrogen and oxygen atoms in total. The number of nitrogen functional groups attached to an aromatic ring is 1. The first-order chi connectivity index (χ1) is 8.13. The topological polar surface area (TPSA) is 49.6 Å². The molecule has 4 heteroatoms. The minimum atomic E-state index is -0.0198. The van der Waals surface area contributed by atoms with Crippen LogP contribution >= 0.6 is 0 Å². The Balaban J connectivity index is 2.22. The van der Waals surface area contributed by atoms with Crippen molar-refractivity contribution < 1.29 is 4.79 Å². The smallest absolute Gasteiger partial charge is 0.245 e. The number of amides is 1. The number of likely N-dealkylation sites (tertiary alicyclic amines) is 1. The molecule has 0 bridgehead atoms. The molecule has 92 valence electrons. The molecule has 1 aromatic rings. The first-order valence-corrected chi connectivity index (χ1v) is 6.00. The molecule has 1 unspecified atom stereocenters. The SMILES string of the molecule is CCN(c1ccc(N)cc1)C1CCN(C)C1=O. The molecule has 0 aromatic heterocycles. The van der Waals surface area contributed by atoms with E-state index >= 15 is 0 Å². The summed E-state index contributed by atoms with van der Waals surface area (Å²) in [6.07, 6.45) is 0.896. The Labute approximate surface area is 102 Å². The molecular formula is C13H19N3O. The summed E-state index contributed by atoms with van der Waals surface area (Å²) in [6.45, 7) is 3.74. The summed E-state index contributed by atoms with van der Waals surface area (Å²) < 4.78 is 0. The van der Waals surface area contributed by atoms with Gasteiger partial charge in [0.25, 0.3) is 0 Å². The lowest BCUT2D eigenvalue weighted by molar-refractivity contribution is -0.127. The van der Waals surface area contributed by atoms with Crippen LogP contribution in [-0.4, -0.2) is 37.0 Å². The second-order valence-electron chi connectivity index (χ2n) is 4.44. The van der Waals surface area contributed by atoms with Crippen molar-refractivity contribution in [1.29, 1.82) is 0 Å². The summed E-state index contributed by atoms with van der Waals surface area (Å²) in [5.41, 5.74) is 7.49. The highest BCUT2D eigenvalue weighted by Gasteiger charge is 2.33. The number of anilines is 2. The molecule has 1 heterocycles. The van der Waals surface area contributed by atoms with Crippen molar-refractivity contribution in [2.24, 2.45) is 0 Å². The van der Waals surface area contributed by atoms with Crippen LogP contribution in [0.2, 0.25) is 0 Å². The fraction of sp³-hybridized carbons (Fsp3) is 0.462. The molecule has 1 aliphatic heterocycles. The highest BCUT2D eigenvalue weighted by Crippen LogP contribution is 2.23. The molecule has 17 heavy (non-hydrogen) atoms. The van der Waals surface area contributed by atoms with E-state index < -0.39 is 0 Å². The van der Waals surface area contributed by atoms with Crippen molar-refractivity contribution in [3.05, 3.63) is 24.3 Å². The number of benzene rings is 1. The molecule has 2 N–H and O–H groups in total.